The summed E-state index contributed by atoms with van der Waals surface area (Å²) in [5.41, 5.74) is 9.63. The second kappa shape index (κ2) is 10.4. The lowest BCUT2D eigenvalue weighted by Crippen LogP contribution is -2.04. The first-order valence-corrected chi connectivity index (χ1v) is 16.9. The fraction of sp³-hybridized carbons (Fsp3) is 0. The van der Waals surface area contributed by atoms with Crippen LogP contribution in [0.5, 0.6) is 0 Å². The Bertz CT molecular complexity index is 3140. The van der Waals surface area contributed by atoms with E-state index in [1.54, 1.807) is 0 Å². The van der Waals surface area contributed by atoms with E-state index < -0.39 is 0 Å². The maximum atomic E-state index is 6.85. The number of fused-ring (bicyclic) bond motifs is 13. The van der Waals surface area contributed by atoms with Gasteiger partial charge in [0.25, 0.3) is 0 Å². The normalized spacial score (nSPS) is 12.0. The van der Waals surface area contributed by atoms with Gasteiger partial charge >= 0.3 is 0 Å². The van der Waals surface area contributed by atoms with Gasteiger partial charge in [-0.3, -0.25) is 4.57 Å². The number of rotatable bonds is 3. The van der Waals surface area contributed by atoms with Crippen molar-refractivity contribution in [2.45, 2.75) is 0 Å². The summed E-state index contributed by atoms with van der Waals surface area (Å²) in [5.74, 6) is 0.767. The average Bonchev–Trinajstić information content (AvgIpc) is 3.75. The Labute approximate surface area is 286 Å². The highest BCUT2D eigenvalue weighted by Gasteiger charge is 2.25. The fourth-order valence-electron chi connectivity index (χ4n) is 7.93. The Morgan fingerprint density at radius 1 is 0.440 bits per heavy atom. The molecule has 0 spiro atoms. The molecule has 3 heterocycles. The van der Waals surface area contributed by atoms with Crippen molar-refractivity contribution in [3.63, 3.8) is 0 Å². The van der Waals surface area contributed by atoms with E-state index in [0.717, 1.165) is 88.2 Å². The molecule has 0 atom stereocenters. The molecule has 0 aliphatic rings. The fourth-order valence-corrected chi connectivity index (χ4v) is 7.93. The minimum atomic E-state index is 0.767. The van der Waals surface area contributed by atoms with Gasteiger partial charge in [0.05, 0.1) is 22.1 Å². The summed E-state index contributed by atoms with van der Waals surface area (Å²) in [4.78, 5) is 11.0. The first-order chi connectivity index (χ1) is 24.8. The third-order valence-electron chi connectivity index (χ3n) is 10.2. The van der Waals surface area contributed by atoms with Crippen LogP contribution in [0, 0.1) is 0 Å². The predicted octanol–water partition coefficient (Wildman–Crippen LogP) is 12.3. The SMILES string of the molecule is c1ccc(-c2ccc(-c3nc4c(ccc5ccccc54)nc3-n3c4ccccc4c4c5ccccc5c5c6ccccc6oc5c43)cc2)cc1. The Kier molecular flexibility index (Phi) is 5.63. The van der Waals surface area contributed by atoms with Gasteiger partial charge < -0.3 is 4.42 Å². The van der Waals surface area contributed by atoms with Crippen LogP contribution in [0.25, 0.3) is 105 Å². The molecule has 232 valence electrons. The Balaban J connectivity index is 1.32. The molecule has 0 N–H and O–H groups in total. The molecule has 0 bridgehead atoms. The molecule has 0 radical (unpaired) electrons. The van der Waals surface area contributed by atoms with Gasteiger partial charge in [-0.25, -0.2) is 9.97 Å². The van der Waals surface area contributed by atoms with Crippen molar-refractivity contribution in [2.24, 2.45) is 0 Å². The van der Waals surface area contributed by atoms with Crippen molar-refractivity contribution >= 4 is 76.3 Å². The number of nitrogens with zero attached hydrogens (tertiary/aromatic N) is 3. The lowest BCUT2D eigenvalue weighted by atomic mass is 9.99. The second-order valence-electron chi connectivity index (χ2n) is 12.9. The van der Waals surface area contributed by atoms with E-state index in [1.165, 1.54) is 16.3 Å². The highest BCUT2D eigenvalue weighted by atomic mass is 16.3. The quantitative estimate of drug-likeness (QED) is 0.181. The summed E-state index contributed by atoms with van der Waals surface area (Å²) in [7, 11) is 0. The van der Waals surface area contributed by atoms with Crippen molar-refractivity contribution < 1.29 is 4.42 Å². The number of hydrogen-bond acceptors (Lipinski definition) is 3. The molecule has 4 heteroatoms. The van der Waals surface area contributed by atoms with Crippen LogP contribution in [0.4, 0.5) is 0 Å². The highest BCUT2D eigenvalue weighted by Crippen LogP contribution is 2.46. The van der Waals surface area contributed by atoms with Crippen LogP contribution in [0.2, 0.25) is 0 Å². The van der Waals surface area contributed by atoms with Gasteiger partial charge in [0.1, 0.15) is 11.3 Å². The molecule has 11 rings (SSSR count). The third-order valence-corrected chi connectivity index (χ3v) is 10.2. The van der Waals surface area contributed by atoms with E-state index in [1.807, 2.05) is 12.1 Å². The Hall–Kier alpha value is -6.78. The van der Waals surface area contributed by atoms with E-state index in [-0.39, 0.29) is 0 Å². The molecule has 0 saturated heterocycles. The standard InChI is InChI=1S/C46H27N3O/c1-2-12-28(13-3-1)29-22-24-31(25-23-29)42-46(47-37-27-26-30-14-4-5-15-32(30)43(37)48-42)49-38-20-10-8-18-35(38)40-33-16-6-7-17-34(33)41-36-19-9-11-21-39(36)50-45(41)44(40)49/h1-27H. The molecule has 0 amide bonds. The topological polar surface area (TPSA) is 43.9 Å². The lowest BCUT2D eigenvalue weighted by molar-refractivity contribution is 0.671. The van der Waals surface area contributed by atoms with Gasteiger partial charge in [0.15, 0.2) is 11.4 Å². The zero-order chi connectivity index (χ0) is 32.8. The van der Waals surface area contributed by atoms with E-state index >= 15 is 0 Å². The minimum absolute atomic E-state index is 0.767. The van der Waals surface area contributed by atoms with Crippen LogP contribution in [0.1, 0.15) is 0 Å². The van der Waals surface area contributed by atoms with Crippen molar-refractivity contribution in [3.8, 4) is 28.2 Å². The number of furan rings is 1. The summed E-state index contributed by atoms with van der Waals surface area (Å²) >= 11 is 0. The van der Waals surface area contributed by atoms with E-state index in [2.05, 4.69) is 156 Å². The summed E-state index contributed by atoms with van der Waals surface area (Å²) in [6.07, 6.45) is 0. The number of aromatic nitrogens is 3. The van der Waals surface area contributed by atoms with E-state index in [4.69, 9.17) is 14.4 Å². The van der Waals surface area contributed by atoms with Crippen molar-refractivity contribution in [2.75, 3.05) is 0 Å². The zero-order valence-electron chi connectivity index (χ0n) is 26.8. The third kappa shape index (κ3) is 3.81. The summed E-state index contributed by atoms with van der Waals surface area (Å²) < 4.78 is 9.15. The van der Waals surface area contributed by atoms with Crippen molar-refractivity contribution in [1.82, 2.24) is 14.5 Å². The molecule has 50 heavy (non-hydrogen) atoms. The van der Waals surface area contributed by atoms with Crippen molar-refractivity contribution in [3.05, 3.63) is 164 Å². The minimum Gasteiger partial charge on any atom is -0.454 e. The molecule has 0 saturated carbocycles. The van der Waals surface area contributed by atoms with Gasteiger partial charge in [0, 0.05) is 32.5 Å². The molecule has 0 fully saturated rings. The molecule has 8 aromatic carbocycles. The maximum absolute atomic E-state index is 6.85. The van der Waals surface area contributed by atoms with Crippen LogP contribution >= 0.6 is 0 Å². The number of hydrogen-bond donors (Lipinski definition) is 0. The van der Waals surface area contributed by atoms with Gasteiger partial charge in [-0.05, 0) is 45.5 Å². The zero-order valence-corrected chi connectivity index (χ0v) is 26.8. The van der Waals surface area contributed by atoms with Crippen LogP contribution in [-0.4, -0.2) is 14.5 Å². The summed E-state index contributed by atoms with van der Waals surface area (Å²) in [6.45, 7) is 0. The largest absolute Gasteiger partial charge is 0.454 e. The molecule has 3 aromatic heterocycles. The molecule has 0 aliphatic carbocycles. The highest BCUT2D eigenvalue weighted by molar-refractivity contribution is 6.35. The molecule has 11 aromatic rings. The molecular weight excluding hydrogens is 611 g/mol. The lowest BCUT2D eigenvalue weighted by Gasteiger charge is -2.15. The van der Waals surface area contributed by atoms with Crippen LogP contribution in [0.3, 0.4) is 0 Å². The Morgan fingerprint density at radius 3 is 1.88 bits per heavy atom. The first-order valence-electron chi connectivity index (χ1n) is 16.9. The molecular formula is C46H27N3O. The van der Waals surface area contributed by atoms with Crippen LogP contribution in [0.15, 0.2) is 168 Å². The van der Waals surface area contributed by atoms with E-state index in [9.17, 15) is 0 Å². The maximum Gasteiger partial charge on any atom is 0.165 e. The smallest absolute Gasteiger partial charge is 0.165 e. The van der Waals surface area contributed by atoms with E-state index in [0.29, 0.717) is 0 Å². The average molecular weight is 638 g/mol. The molecule has 4 nitrogen and oxygen atoms in total. The second-order valence-corrected chi connectivity index (χ2v) is 12.9. The first kappa shape index (κ1) is 27.2. The van der Waals surface area contributed by atoms with Crippen LogP contribution in [-0.2, 0) is 0 Å². The van der Waals surface area contributed by atoms with Crippen molar-refractivity contribution in [1.29, 1.82) is 0 Å². The van der Waals surface area contributed by atoms with Crippen LogP contribution < -0.4 is 0 Å². The van der Waals surface area contributed by atoms with Gasteiger partial charge in [-0.2, -0.15) is 0 Å². The number of benzene rings is 8. The molecule has 0 unspecified atom stereocenters. The molecule has 0 aliphatic heterocycles. The van der Waals surface area contributed by atoms with Gasteiger partial charge in [-0.1, -0.05) is 146 Å². The van der Waals surface area contributed by atoms with Gasteiger partial charge in [-0.15, -0.1) is 0 Å². The monoisotopic (exact) mass is 637 g/mol. The van der Waals surface area contributed by atoms with Gasteiger partial charge in [0.2, 0.25) is 0 Å². The Morgan fingerprint density at radius 2 is 1.06 bits per heavy atom. The summed E-state index contributed by atoms with van der Waals surface area (Å²) in [5, 5.41) is 9.09. The summed E-state index contributed by atoms with van der Waals surface area (Å²) in [6, 6.07) is 57.5. The predicted molar refractivity (Wildman–Crippen MR) is 207 cm³/mol. The number of para-hydroxylation sites is 2.